The molecule has 1 unspecified atom stereocenters. The fourth-order valence-corrected chi connectivity index (χ4v) is 3.11. The van der Waals surface area contributed by atoms with Crippen molar-refractivity contribution in [3.05, 3.63) is 33.7 Å². The number of amides is 1. The molecule has 1 saturated carbocycles. The van der Waals surface area contributed by atoms with Crippen LogP contribution in [-0.2, 0) is 0 Å². The molecule has 1 aliphatic rings. The van der Waals surface area contributed by atoms with Crippen molar-refractivity contribution in [2.75, 3.05) is 0 Å². The number of pyridine rings is 1. The minimum Gasteiger partial charge on any atom is -0.392 e. The molecule has 0 radical (unpaired) electrons. The van der Waals surface area contributed by atoms with Gasteiger partial charge in [-0.3, -0.25) is 9.59 Å². The molecule has 4 N–H and O–H groups in total. The van der Waals surface area contributed by atoms with E-state index < -0.39 is 5.91 Å². The van der Waals surface area contributed by atoms with E-state index in [1.54, 1.807) is 6.92 Å². The van der Waals surface area contributed by atoms with E-state index in [-0.39, 0.29) is 23.0 Å². The summed E-state index contributed by atoms with van der Waals surface area (Å²) in [5.74, 6) is -0.149. The minimum absolute atomic E-state index is 0.0951. The smallest absolute Gasteiger partial charge is 0.257 e. The number of carbonyl (C=O) groups excluding carboxylic acids is 1. The van der Waals surface area contributed by atoms with E-state index >= 15 is 0 Å². The summed E-state index contributed by atoms with van der Waals surface area (Å²) in [5, 5.41) is 2.84. The zero-order valence-corrected chi connectivity index (χ0v) is 13.0. The van der Waals surface area contributed by atoms with Crippen molar-refractivity contribution in [2.24, 2.45) is 11.7 Å². The van der Waals surface area contributed by atoms with Crippen LogP contribution in [0.3, 0.4) is 0 Å². The normalized spacial score (nSPS) is 17.2. The number of rotatable bonds is 4. The summed E-state index contributed by atoms with van der Waals surface area (Å²) >= 11 is 5.10. The van der Waals surface area contributed by atoms with Crippen molar-refractivity contribution >= 4 is 23.1 Å². The number of aromatic nitrogens is 1. The average molecular weight is 307 g/mol. The standard InChI is InChI=1S/C15H21N3O2S/c1-9-7-12(19)11(8-17-9)15(20)18-13(14(16)21)10-5-3-2-4-6-10/h7-8,10,13H,2-6H2,1H3,(H2,16,21)(H,17,19)(H,18,20). The van der Waals surface area contributed by atoms with Crippen LogP contribution in [0.1, 0.15) is 48.2 Å². The quantitative estimate of drug-likeness (QED) is 0.738. The highest BCUT2D eigenvalue weighted by atomic mass is 32.1. The molecule has 21 heavy (non-hydrogen) atoms. The maximum atomic E-state index is 12.3. The van der Waals surface area contributed by atoms with Crippen molar-refractivity contribution in [1.29, 1.82) is 0 Å². The van der Waals surface area contributed by atoms with Crippen LogP contribution in [0.4, 0.5) is 0 Å². The van der Waals surface area contributed by atoms with Crippen LogP contribution in [0, 0.1) is 12.8 Å². The van der Waals surface area contributed by atoms with Crippen LogP contribution >= 0.6 is 12.2 Å². The van der Waals surface area contributed by atoms with Crippen LogP contribution in [0.2, 0.25) is 0 Å². The Labute approximate surface area is 129 Å². The first-order valence-corrected chi connectivity index (χ1v) is 7.69. The van der Waals surface area contributed by atoms with Crippen LogP contribution in [0.15, 0.2) is 17.1 Å². The molecule has 1 fully saturated rings. The molecule has 1 amide bonds. The van der Waals surface area contributed by atoms with Gasteiger partial charge in [-0.15, -0.1) is 0 Å². The first kappa shape index (κ1) is 15.7. The van der Waals surface area contributed by atoms with Gasteiger partial charge in [-0.2, -0.15) is 0 Å². The lowest BCUT2D eigenvalue weighted by atomic mass is 9.83. The molecule has 0 bridgehead atoms. The van der Waals surface area contributed by atoms with Gasteiger partial charge in [0.15, 0.2) is 5.43 Å². The van der Waals surface area contributed by atoms with Gasteiger partial charge in [-0.05, 0) is 25.7 Å². The van der Waals surface area contributed by atoms with E-state index in [0.717, 1.165) is 31.4 Å². The minimum atomic E-state index is -0.417. The molecule has 0 aromatic carbocycles. The second-order valence-electron chi connectivity index (χ2n) is 5.65. The van der Waals surface area contributed by atoms with Gasteiger partial charge >= 0.3 is 0 Å². The number of hydrogen-bond acceptors (Lipinski definition) is 3. The Bertz CT molecular complexity index is 591. The third-order valence-corrected chi connectivity index (χ3v) is 4.27. The van der Waals surface area contributed by atoms with Crippen molar-refractivity contribution in [2.45, 2.75) is 45.1 Å². The lowest BCUT2D eigenvalue weighted by Crippen LogP contribution is -2.49. The zero-order chi connectivity index (χ0) is 15.4. The highest BCUT2D eigenvalue weighted by Gasteiger charge is 2.28. The van der Waals surface area contributed by atoms with Gasteiger partial charge in [0.1, 0.15) is 5.56 Å². The number of aryl methyl sites for hydroxylation is 1. The Hall–Kier alpha value is -1.69. The summed E-state index contributed by atoms with van der Waals surface area (Å²) < 4.78 is 0. The van der Waals surface area contributed by atoms with Crippen molar-refractivity contribution < 1.29 is 4.79 Å². The van der Waals surface area contributed by atoms with E-state index in [4.69, 9.17) is 18.0 Å². The summed E-state index contributed by atoms with van der Waals surface area (Å²) in [6, 6.07) is 1.07. The molecule has 0 spiro atoms. The number of carbonyl (C=O) groups is 1. The van der Waals surface area contributed by atoms with E-state index in [1.165, 1.54) is 18.7 Å². The van der Waals surface area contributed by atoms with Gasteiger partial charge in [0.05, 0.1) is 11.0 Å². The summed E-state index contributed by atoms with van der Waals surface area (Å²) in [5.41, 5.74) is 6.30. The number of nitrogens with two attached hydrogens (primary N) is 1. The molecule has 0 saturated heterocycles. The summed E-state index contributed by atoms with van der Waals surface area (Å²) in [6.45, 7) is 1.77. The van der Waals surface area contributed by atoms with Crippen LogP contribution in [-0.4, -0.2) is 21.9 Å². The molecule has 1 aliphatic carbocycles. The maximum Gasteiger partial charge on any atom is 0.257 e. The molecule has 1 aromatic heterocycles. The molecular weight excluding hydrogens is 286 g/mol. The second-order valence-corrected chi connectivity index (χ2v) is 6.12. The Morgan fingerprint density at radius 1 is 1.43 bits per heavy atom. The third kappa shape index (κ3) is 3.91. The number of aromatic amines is 1. The summed E-state index contributed by atoms with van der Waals surface area (Å²) in [7, 11) is 0. The molecule has 6 heteroatoms. The highest BCUT2D eigenvalue weighted by molar-refractivity contribution is 7.80. The average Bonchev–Trinajstić information content (AvgIpc) is 2.45. The molecule has 114 valence electrons. The number of nitrogens with one attached hydrogen (secondary N) is 2. The molecule has 2 rings (SSSR count). The third-order valence-electron chi connectivity index (χ3n) is 4.02. The van der Waals surface area contributed by atoms with Gasteiger partial charge < -0.3 is 16.0 Å². The lowest BCUT2D eigenvalue weighted by molar-refractivity contribution is 0.0930. The topological polar surface area (TPSA) is 88.0 Å². The summed E-state index contributed by atoms with van der Waals surface area (Å²) in [6.07, 6.45) is 6.92. The van der Waals surface area contributed by atoms with Crippen molar-refractivity contribution in [3.63, 3.8) is 0 Å². The largest absolute Gasteiger partial charge is 0.392 e. The monoisotopic (exact) mass is 307 g/mol. The predicted octanol–water partition coefficient (Wildman–Crippen LogP) is 1.65. The Kier molecular flexibility index (Phi) is 5.12. The predicted molar refractivity (Wildman–Crippen MR) is 86.4 cm³/mol. The van der Waals surface area contributed by atoms with Crippen LogP contribution in [0.25, 0.3) is 0 Å². The molecule has 1 atom stereocenters. The first-order valence-electron chi connectivity index (χ1n) is 7.28. The fourth-order valence-electron chi connectivity index (χ4n) is 2.86. The van der Waals surface area contributed by atoms with Gasteiger partial charge in [0, 0.05) is 18.0 Å². The van der Waals surface area contributed by atoms with Gasteiger partial charge in [0.2, 0.25) is 0 Å². The van der Waals surface area contributed by atoms with Crippen molar-refractivity contribution in [1.82, 2.24) is 10.3 Å². The van der Waals surface area contributed by atoms with E-state index in [1.807, 2.05) is 0 Å². The second kappa shape index (κ2) is 6.85. The van der Waals surface area contributed by atoms with E-state index in [0.29, 0.717) is 4.99 Å². The Balaban J connectivity index is 2.14. The molecular formula is C15H21N3O2S. The fraction of sp³-hybridized carbons (Fsp3) is 0.533. The summed E-state index contributed by atoms with van der Waals surface area (Å²) in [4.78, 5) is 27.3. The maximum absolute atomic E-state index is 12.3. The number of hydrogen-bond donors (Lipinski definition) is 3. The zero-order valence-electron chi connectivity index (χ0n) is 12.1. The molecule has 1 heterocycles. The highest BCUT2D eigenvalue weighted by Crippen LogP contribution is 2.26. The van der Waals surface area contributed by atoms with E-state index in [2.05, 4.69) is 10.3 Å². The van der Waals surface area contributed by atoms with E-state index in [9.17, 15) is 9.59 Å². The first-order chi connectivity index (χ1) is 9.99. The molecule has 0 aliphatic heterocycles. The van der Waals surface area contributed by atoms with Crippen LogP contribution in [0.5, 0.6) is 0 Å². The van der Waals surface area contributed by atoms with Crippen LogP contribution < -0.4 is 16.5 Å². The van der Waals surface area contributed by atoms with Crippen molar-refractivity contribution in [3.8, 4) is 0 Å². The van der Waals surface area contributed by atoms with Gasteiger partial charge in [0.25, 0.3) is 5.91 Å². The number of thiocarbonyl (C=S) groups is 1. The lowest BCUT2D eigenvalue weighted by Gasteiger charge is -2.30. The molecule has 5 nitrogen and oxygen atoms in total. The Morgan fingerprint density at radius 3 is 2.67 bits per heavy atom. The van der Waals surface area contributed by atoms with Gasteiger partial charge in [-0.25, -0.2) is 0 Å². The SMILES string of the molecule is Cc1cc(=O)c(C(=O)NC(C(N)=S)C2CCCCC2)c[nH]1. The Morgan fingerprint density at radius 2 is 2.10 bits per heavy atom. The molecule has 1 aromatic rings. The van der Waals surface area contributed by atoms with Gasteiger partial charge in [-0.1, -0.05) is 31.5 Å². The number of H-pyrrole nitrogens is 1.